The van der Waals surface area contributed by atoms with Crippen molar-refractivity contribution in [1.82, 2.24) is 0 Å². The molecular formula is C12H12N2O3. The standard InChI is InChI=1S/C10H12.C2N2O3/c1-2-9-7-4-5-8(6-7)10(9)3-1;5-1-3-7-4-2-6/h1-2,4-5,7-10H,3,6H2;. The van der Waals surface area contributed by atoms with E-state index in [1.807, 2.05) is 0 Å². The lowest BCUT2D eigenvalue weighted by Gasteiger charge is -2.18. The molecule has 88 valence electrons. The molecule has 0 saturated heterocycles. The van der Waals surface area contributed by atoms with E-state index in [4.69, 9.17) is 9.59 Å². The summed E-state index contributed by atoms with van der Waals surface area (Å²) in [4.78, 5) is 21.7. The molecule has 0 radical (unpaired) electrons. The Morgan fingerprint density at radius 3 is 2.41 bits per heavy atom. The van der Waals surface area contributed by atoms with Crippen molar-refractivity contribution in [1.29, 1.82) is 0 Å². The highest BCUT2D eigenvalue weighted by Crippen LogP contribution is 2.52. The van der Waals surface area contributed by atoms with E-state index in [-0.39, 0.29) is 0 Å². The maximum atomic E-state index is 9.07. The Hall–Kier alpha value is -1.96. The van der Waals surface area contributed by atoms with Crippen LogP contribution in [0.3, 0.4) is 0 Å². The average Bonchev–Trinajstić information content (AvgIpc) is 3.04. The van der Waals surface area contributed by atoms with Crippen molar-refractivity contribution in [3.8, 4) is 0 Å². The highest BCUT2D eigenvalue weighted by molar-refractivity contribution is 5.32. The maximum Gasteiger partial charge on any atom is 0.279 e. The Morgan fingerprint density at radius 1 is 1.06 bits per heavy atom. The number of carbonyl (C=O) groups excluding carboxylic acids is 2. The fourth-order valence-corrected chi connectivity index (χ4v) is 3.03. The van der Waals surface area contributed by atoms with Gasteiger partial charge in [-0.1, -0.05) is 24.3 Å². The van der Waals surface area contributed by atoms with E-state index in [1.54, 1.807) is 0 Å². The van der Waals surface area contributed by atoms with E-state index in [1.165, 1.54) is 12.8 Å². The van der Waals surface area contributed by atoms with E-state index in [0.717, 1.165) is 35.8 Å². The zero-order chi connectivity index (χ0) is 12.1. The number of rotatable bonds is 2. The molecule has 2 bridgehead atoms. The molecule has 5 nitrogen and oxygen atoms in total. The summed E-state index contributed by atoms with van der Waals surface area (Å²) >= 11 is 0. The third-order valence-electron chi connectivity index (χ3n) is 3.61. The Balaban J connectivity index is 0.000000139. The van der Waals surface area contributed by atoms with Gasteiger partial charge in [-0.25, -0.2) is 14.5 Å². The molecule has 0 N–H and O–H groups in total. The van der Waals surface area contributed by atoms with Gasteiger partial charge in [0.05, 0.1) is 0 Å². The number of hydrogen-bond donors (Lipinski definition) is 0. The Morgan fingerprint density at radius 2 is 1.76 bits per heavy atom. The number of nitrogens with zero attached hydrogens (tertiary/aromatic N) is 2. The van der Waals surface area contributed by atoms with Gasteiger partial charge >= 0.3 is 0 Å². The van der Waals surface area contributed by atoms with E-state index in [2.05, 4.69) is 39.6 Å². The average molecular weight is 232 g/mol. The molecule has 17 heavy (non-hydrogen) atoms. The molecule has 5 heteroatoms. The zero-order valence-electron chi connectivity index (χ0n) is 9.15. The lowest BCUT2D eigenvalue weighted by molar-refractivity contribution is 0.154. The first-order valence-electron chi connectivity index (χ1n) is 5.52. The minimum absolute atomic E-state index is 0.925. The van der Waals surface area contributed by atoms with Gasteiger partial charge in [-0.05, 0) is 36.5 Å². The van der Waals surface area contributed by atoms with Crippen molar-refractivity contribution in [2.24, 2.45) is 34.0 Å². The van der Waals surface area contributed by atoms with Crippen molar-refractivity contribution >= 4 is 12.2 Å². The number of allylic oxidation sites excluding steroid dienone is 4. The second-order valence-corrected chi connectivity index (χ2v) is 4.30. The summed E-state index contributed by atoms with van der Waals surface area (Å²) in [6, 6.07) is 0. The van der Waals surface area contributed by atoms with Crippen LogP contribution in [0.25, 0.3) is 0 Å². The topological polar surface area (TPSA) is 68.1 Å². The number of hydrogen-bond acceptors (Lipinski definition) is 5. The smallest absolute Gasteiger partial charge is 0.221 e. The van der Waals surface area contributed by atoms with Crippen LogP contribution in [-0.4, -0.2) is 12.2 Å². The molecule has 3 aliphatic carbocycles. The van der Waals surface area contributed by atoms with Crippen molar-refractivity contribution in [3.63, 3.8) is 0 Å². The summed E-state index contributed by atoms with van der Waals surface area (Å²) in [6.07, 6.45) is 14.5. The lowest BCUT2D eigenvalue weighted by Crippen LogP contribution is -2.12. The first-order valence-corrected chi connectivity index (χ1v) is 5.52. The molecule has 0 aromatic carbocycles. The molecule has 3 aliphatic rings. The van der Waals surface area contributed by atoms with Crippen LogP contribution in [0.2, 0.25) is 0 Å². The van der Waals surface area contributed by atoms with Crippen molar-refractivity contribution in [2.45, 2.75) is 12.8 Å². The molecule has 3 rings (SSSR count). The van der Waals surface area contributed by atoms with Crippen molar-refractivity contribution in [3.05, 3.63) is 24.3 Å². The third-order valence-corrected chi connectivity index (χ3v) is 3.61. The predicted molar refractivity (Wildman–Crippen MR) is 58.8 cm³/mol. The largest absolute Gasteiger partial charge is 0.279 e. The fourth-order valence-electron chi connectivity index (χ4n) is 3.03. The van der Waals surface area contributed by atoms with Crippen LogP contribution in [0.5, 0.6) is 0 Å². The van der Waals surface area contributed by atoms with Crippen LogP contribution in [-0.2, 0) is 14.5 Å². The van der Waals surface area contributed by atoms with E-state index >= 15 is 0 Å². The quantitative estimate of drug-likeness (QED) is 0.316. The van der Waals surface area contributed by atoms with Crippen LogP contribution >= 0.6 is 0 Å². The van der Waals surface area contributed by atoms with Gasteiger partial charge in [0.2, 0.25) is 0 Å². The summed E-state index contributed by atoms with van der Waals surface area (Å²) in [5.41, 5.74) is 0. The van der Waals surface area contributed by atoms with E-state index < -0.39 is 0 Å². The Kier molecular flexibility index (Phi) is 3.66. The van der Waals surface area contributed by atoms with E-state index in [0.29, 0.717) is 0 Å². The molecule has 0 spiro atoms. The second kappa shape index (κ2) is 5.39. The molecule has 4 unspecified atom stereocenters. The lowest BCUT2D eigenvalue weighted by atomic mass is 9.86. The van der Waals surface area contributed by atoms with Crippen molar-refractivity contribution < 1.29 is 14.5 Å². The molecule has 4 atom stereocenters. The molecule has 0 aromatic rings. The monoisotopic (exact) mass is 232 g/mol. The van der Waals surface area contributed by atoms with Gasteiger partial charge in [0.1, 0.15) is 0 Å². The van der Waals surface area contributed by atoms with Crippen LogP contribution in [0.4, 0.5) is 0 Å². The summed E-state index contributed by atoms with van der Waals surface area (Å²) in [7, 11) is 0. The van der Waals surface area contributed by atoms with Gasteiger partial charge in [-0.15, -0.1) is 0 Å². The molecule has 0 aromatic heterocycles. The molecule has 1 fully saturated rings. The van der Waals surface area contributed by atoms with Crippen molar-refractivity contribution in [2.75, 3.05) is 0 Å². The molecule has 1 saturated carbocycles. The minimum atomic E-state index is 0.925. The van der Waals surface area contributed by atoms with Gasteiger partial charge in [0.15, 0.2) is 0 Å². The van der Waals surface area contributed by atoms with Crippen LogP contribution in [0.15, 0.2) is 34.6 Å². The summed E-state index contributed by atoms with van der Waals surface area (Å²) in [6.45, 7) is 0. The Labute approximate surface area is 98.5 Å². The highest BCUT2D eigenvalue weighted by atomic mass is 16.8. The molecule has 0 aliphatic heterocycles. The fraction of sp³-hybridized carbons (Fsp3) is 0.500. The second-order valence-electron chi connectivity index (χ2n) is 4.30. The maximum absolute atomic E-state index is 9.07. The zero-order valence-corrected chi connectivity index (χ0v) is 9.15. The van der Waals surface area contributed by atoms with Gasteiger partial charge < -0.3 is 0 Å². The highest BCUT2D eigenvalue weighted by Gasteiger charge is 2.44. The summed E-state index contributed by atoms with van der Waals surface area (Å²) in [5.74, 6) is 3.82. The minimum Gasteiger partial charge on any atom is -0.221 e. The number of isocyanates is 2. The van der Waals surface area contributed by atoms with Gasteiger partial charge in [-0.2, -0.15) is 0 Å². The first kappa shape index (κ1) is 11.5. The van der Waals surface area contributed by atoms with Crippen LogP contribution in [0, 0.1) is 23.7 Å². The number of fused-ring (bicyclic) bond motifs is 5. The molecule has 0 heterocycles. The third kappa shape index (κ3) is 2.41. The molecular weight excluding hydrogens is 220 g/mol. The van der Waals surface area contributed by atoms with Crippen LogP contribution in [0.1, 0.15) is 12.8 Å². The van der Waals surface area contributed by atoms with Gasteiger partial charge in [0.25, 0.3) is 12.2 Å². The Bertz CT molecular complexity index is 415. The summed E-state index contributed by atoms with van der Waals surface area (Å²) < 4.78 is 0. The molecule has 0 amide bonds. The van der Waals surface area contributed by atoms with E-state index in [9.17, 15) is 0 Å². The SMILES string of the molecule is C1=CC2C3C=CC(C3)C2C1.O=C=NON=C=O. The summed E-state index contributed by atoms with van der Waals surface area (Å²) in [5, 5.41) is 4.85. The van der Waals surface area contributed by atoms with Gasteiger partial charge in [-0.3, -0.25) is 0 Å². The van der Waals surface area contributed by atoms with Gasteiger partial charge in [0, 0.05) is 10.3 Å². The predicted octanol–water partition coefficient (Wildman–Crippen LogP) is 1.89. The van der Waals surface area contributed by atoms with Crippen LogP contribution < -0.4 is 0 Å². The first-order chi connectivity index (χ1) is 8.36. The normalized spacial score (nSPS) is 34.1.